The fourth-order valence-electron chi connectivity index (χ4n) is 11.4. The number of fused-ring (bicyclic) bond motifs is 13. The molecule has 0 amide bonds. The van der Waals surface area contributed by atoms with E-state index in [0.29, 0.717) is 0 Å². The third-order valence-corrected chi connectivity index (χ3v) is 16.5. The Morgan fingerprint density at radius 2 is 0.778 bits per heavy atom. The maximum absolute atomic E-state index is 2.53. The molecule has 0 saturated heterocycles. The summed E-state index contributed by atoms with van der Waals surface area (Å²) < 4.78 is 0. The number of hydrogen-bond acceptors (Lipinski definition) is 1. The molecule has 3 aliphatic rings. The predicted molar refractivity (Wildman–Crippen MR) is 269 cm³/mol. The molecule has 0 fully saturated rings. The van der Waals surface area contributed by atoms with Crippen LogP contribution in [0.3, 0.4) is 0 Å². The van der Waals surface area contributed by atoms with Gasteiger partial charge in [0.2, 0.25) is 0 Å². The fourth-order valence-corrected chi connectivity index (χ4v) is 12.6. The van der Waals surface area contributed by atoms with Gasteiger partial charge in [0.15, 0.2) is 0 Å². The molecule has 0 bridgehead atoms. The summed E-state index contributed by atoms with van der Waals surface area (Å²) in [5.74, 6) is 0. The van der Waals surface area contributed by atoms with Crippen LogP contribution < -0.4 is 10.1 Å². The number of nitrogens with zero attached hydrogens (tertiary/aromatic N) is 1. The largest absolute Gasteiger partial charge is 0.310 e. The van der Waals surface area contributed by atoms with Crippen LogP contribution in [0.15, 0.2) is 206 Å². The Kier molecular flexibility index (Phi) is 8.23. The maximum Gasteiger partial charge on any atom is 0.0775 e. The Morgan fingerprint density at radius 3 is 1.40 bits per heavy atom. The summed E-state index contributed by atoms with van der Waals surface area (Å²) in [5, 5.41) is 1.48. The van der Waals surface area contributed by atoms with Gasteiger partial charge < -0.3 is 4.90 Å². The molecular formula is C61H49NSi. The third-order valence-electron chi connectivity index (χ3n) is 14.5. The highest BCUT2D eigenvalue weighted by molar-refractivity contribution is 6.88. The Bertz CT molecular complexity index is 3280. The van der Waals surface area contributed by atoms with Gasteiger partial charge in [-0.3, -0.25) is 0 Å². The molecule has 12 rings (SSSR count). The van der Waals surface area contributed by atoms with Crippen LogP contribution in [-0.2, 0) is 10.8 Å². The van der Waals surface area contributed by atoms with Crippen molar-refractivity contribution in [3.05, 3.63) is 240 Å². The lowest BCUT2D eigenvalue weighted by atomic mass is 9.70. The van der Waals surface area contributed by atoms with Gasteiger partial charge in [0.25, 0.3) is 0 Å². The molecule has 2 heteroatoms. The first-order valence-corrected chi connectivity index (χ1v) is 25.9. The van der Waals surface area contributed by atoms with Crippen molar-refractivity contribution in [2.45, 2.75) is 44.3 Å². The van der Waals surface area contributed by atoms with Crippen molar-refractivity contribution in [3.8, 4) is 55.6 Å². The zero-order valence-electron chi connectivity index (χ0n) is 36.6. The van der Waals surface area contributed by atoms with Crippen LogP contribution in [0.4, 0.5) is 17.1 Å². The van der Waals surface area contributed by atoms with Gasteiger partial charge in [-0.2, -0.15) is 0 Å². The van der Waals surface area contributed by atoms with Gasteiger partial charge >= 0.3 is 0 Å². The average Bonchev–Trinajstić information content (AvgIpc) is 3.87. The van der Waals surface area contributed by atoms with Gasteiger partial charge in [0, 0.05) is 22.4 Å². The van der Waals surface area contributed by atoms with E-state index in [4.69, 9.17) is 0 Å². The van der Waals surface area contributed by atoms with Gasteiger partial charge in [-0.15, -0.1) is 0 Å². The SMILES string of the molecule is CC1(C)c2ccccc2-c2ccc(N(c3ccc4c(c3)C3(c5ccccc5-c5ccc(-c6ccc([Si](C)(C)C)cc6)cc53)c3ccccc3-4)c3ccccc3-c3ccccc3)cc21. The van der Waals surface area contributed by atoms with Crippen molar-refractivity contribution < 1.29 is 0 Å². The van der Waals surface area contributed by atoms with E-state index >= 15 is 0 Å². The van der Waals surface area contributed by atoms with Gasteiger partial charge in [-0.05, 0) is 120 Å². The van der Waals surface area contributed by atoms with Crippen LogP contribution in [0.1, 0.15) is 47.2 Å². The topological polar surface area (TPSA) is 3.24 Å². The van der Waals surface area contributed by atoms with E-state index in [2.05, 4.69) is 245 Å². The van der Waals surface area contributed by atoms with E-state index in [-0.39, 0.29) is 5.41 Å². The highest BCUT2D eigenvalue weighted by Crippen LogP contribution is 2.64. The minimum atomic E-state index is -1.44. The predicted octanol–water partition coefficient (Wildman–Crippen LogP) is 15.7. The van der Waals surface area contributed by atoms with E-state index in [1.807, 2.05) is 0 Å². The molecule has 0 aliphatic heterocycles. The molecule has 3 aliphatic carbocycles. The van der Waals surface area contributed by atoms with Gasteiger partial charge in [0.1, 0.15) is 0 Å². The smallest absolute Gasteiger partial charge is 0.0775 e. The third kappa shape index (κ3) is 5.47. The summed E-state index contributed by atoms with van der Waals surface area (Å²) in [4.78, 5) is 2.52. The van der Waals surface area contributed by atoms with Crippen LogP contribution in [-0.4, -0.2) is 8.07 Å². The van der Waals surface area contributed by atoms with Crippen LogP contribution in [0.2, 0.25) is 19.6 Å². The molecule has 0 saturated carbocycles. The Labute approximate surface area is 373 Å². The molecule has 302 valence electrons. The normalized spacial score (nSPS) is 15.9. The lowest BCUT2D eigenvalue weighted by Gasteiger charge is -2.33. The molecule has 0 heterocycles. The Morgan fingerprint density at radius 1 is 0.333 bits per heavy atom. The summed E-state index contributed by atoms with van der Waals surface area (Å²) in [6.07, 6.45) is 0. The van der Waals surface area contributed by atoms with E-state index in [1.165, 1.54) is 94.2 Å². The van der Waals surface area contributed by atoms with Crippen molar-refractivity contribution >= 4 is 30.3 Å². The Hall–Kier alpha value is -7.00. The van der Waals surface area contributed by atoms with Crippen molar-refractivity contribution in [2.24, 2.45) is 0 Å². The molecule has 63 heavy (non-hydrogen) atoms. The van der Waals surface area contributed by atoms with E-state index in [1.54, 1.807) is 0 Å². The summed E-state index contributed by atoms with van der Waals surface area (Å²) >= 11 is 0. The highest BCUT2D eigenvalue weighted by atomic mass is 28.3. The van der Waals surface area contributed by atoms with Crippen molar-refractivity contribution in [3.63, 3.8) is 0 Å². The number of rotatable bonds is 6. The summed E-state index contributed by atoms with van der Waals surface area (Å²) in [5.41, 5.74) is 23.7. The second-order valence-electron chi connectivity index (χ2n) is 19.3. The molecule has 9 aromatic carbocycles. The second-order valence-corrected chi connectivity index (χ2v) is 24.4. The second kappa shape index (κ2) is 13.7. The number of para-hydroxylation sites is 1. The minimum Gasteiger partial charge on any atom is -0.310 e. The molecule has 9 aromatic rings. The monoisotopic (exact) mass is 823 g/mol. The van der Waals surface area contributed by atoms with Crippen LogP contribution in [0.5, 0.6) is 0 Å². The van der Waals surface area contributed by atoms with E-state index in [0.717, 1.165) is 17.1 Å². The molecule has 0 radical (unpaired) electrons. The zero-order valence-corrected chi connectivity index (χ0v) is 37.6. The molecule has 0 aromatic heterocycles. The number of hydrogen-bond donors (Lipinski definition) is 0. The van der Waals surface area contributed by atoms with Gasteiger partial charge in [-0.1, -0.05) is 209 Å². The van der Waals surface area contributed by atoms with Crippen LogP contribution in [0, 0.1) is 0 Å². The highest BCUT2D eigenvalue weighted by Gasteiger charge is 2.52. The van der Waals surface area contributed by atoms with Crippen molar-refractivity contribution in [2.75, 3.05) is 4.90 Å². The van der Waals surface area contributed by atoms with Gasteiger partial charge in [0.05, 0.1) is 19.2 Å². The van der Waals surface area contributed by atoms with Crippen LogP contribution >= 0.6 is 0 Å². The molecule has 0 N–H and O–H groups in total. The first kappa shape index (κ1) is 37.7. The average molecular weight is 824 g/mol. The zero-order chi connectivity index (χ0) is 42.7. The summed E-state index contributed by atoms with van der Waals surface area (Å²) in [7, 11) is -1.44. The quantitative estimate of drug-likeness (QED) is 0.151. The van der Waals surface area contributed by atoms with Gasteiger partial charge in [-0.25, -0.2) is 0 Å². The summed E-state index contributed by atoms with van der Waals surface area (Å²) in [6, 6.07) is 78.2. The standard InChI is InChI=1S/C61H49NSi/c1-60(2)53-23-13-9-20-47(53)50-35-30-43(38-56(50)60)62(59-26-16-12-19-46(59)41-17-7-6-8-18-41)44-31-36-52-49-22-11-15-25-55(49)61(58(52)39-44)54-24-14-10-21-48(54)51-34-29-42(37-57(51)61)40-27-32-45(33-28-40)63(3,4)5/h6-39H,1-5H3. The maximum atomic E-state index is 2.53. The number of benzene rings is 9. The van der Waals surface area contributed by atoms with Crippen molar-refractivity contribution in [1.82, 2.24) is 0 Å². The summed E-state index contributed by atoms with van der Waals surface area (Å²) in [6.45, 7) is 12.0. The first-order chi connectivity index (χ1) is 30.6. The number of anilines is 3. The van der Waals surface area contributed by atoms with Crippen molar-refractivity contribution in [1.29, 1.82) is 0 Å². The van der Waals surface area contributed by atoms with Crippen LogP contribution in [0.25, 0.3) is 55.6 Å². The lowest BCUT2D eigenvalue weighted by molar-refractivity contribution is 0.660. The molecular weight excluding hydrogens is 775 g/mol. The van der Waals surface area contributed by atoms with E-state index < -0.39 is 13.5 Å². The van der Waals surface area contributed by atoms with E-state index in [9.17, 15) is 0 Å². The Balaban J connectivity index is 1.11. The fraction of sp³-hybridized carbons (Fsp3) is 0.115. The molecule has 1 nitrogen and oxygen atoms in total. The molecule has 1 spiro atoms. The minimum absolute atomic E-state index is 0.139. The lowest BCUT2D eigenvalue weighted by Crippen LogP contribution is -2.37. The molecule has 1 atom stereocenters. The molecule has 1 unspecified atom stereocenters. The first-order valence-electron chi connectivity index (χ1n) is 22.4.